The number of carbonyl (C=O) groups excluding carboxylic acids is 1. The van der Waals surface area contributed by atoms with Gasteiger partial charge in [-0.3, -0.25) is 4.79 Å². The Labute approximate surface area is 88.8 Å². The summed E-state index contributed by atoms with van der Waals surface area (Å²) in [6, 6.07) is 0. The maximum atomic E-state index is 11.2. The lowest BCUT2D eigenvalue weighted by molar-refractivity contribution is -0.121. The summed E-state index contributed by atoms with van der Waals surface area (Å²) in [5.74, 6) is -0.0484. The molecule has 0 aliphatic rings. The highest BCUT2D eigenvalue weighted by Gasteiger charge is 2.04. The van der Waals surface area contributed by atoms with E-state index in [2.05, 4.69) is 15.6 Å². The normalized spacial score (nSPS) is 10.3. The molecule has 0 saturated heterocycles. The number of rotatable bonds is 6. The van der Waals surface area contributed by atoms with Crippen molar-refractivity contribution < 1.29 is 4.79 Å². The SMILES string of the molecule is CCNC(=O)Cn1cc(CCCN)nn1. The van der Waals surface area contributed by atoms with Crippen molar-refractivity contribution in [1.29, 1.82) is 0 Å². The van der Waals surface area contributed by atoms with Crippen LogP contribution < -0.4 is 11.1 Å². The molecule has 1 aromatic heterocycles. The van der Waals surface area contributed by atoms with Crippen molar-refractivity contribution in [2.24, 2.45) is 5.73 Å². The molecule has 0 aliphatic carbocycles. The fraction of sp³-hybridized carbons (Fsp3) is 0.667. The van der Waals surface area contributed by atoms with Gasteiger partial charge in [0.25, 0.3) is 0 Å². The van der Waals surface area contributed by atoms with Crippen molar-refractivity contribution in [3.63, 3.8) is 0 Å². The first kappa shape index (κ1) is 11.6. The summed E-state index contributed by atoms with van der Waals surface area (Å²) < 4.78 is 1.54. The van der Waals surface area contributed by atoms with Gasteiger partial charge >= 0.3 is 0 Å². The third-order valence-corrected chi connectivity index (χ3v) is 1.90. The molecule has 0 aliphatic heterocycles. The molecule has 1 aromatic rings. The van der Waals surface area contributed by atoms with Gasteiger partial charge in [0.05, 0.1) is 5.69 Å². The first-order valence-electron chi connectivity index (χ1n) is 5.12. The van der Waals surface area contributed by atoms with Crippen LogP contribution in [0.15, 0.2) is 6.20 Å². The van der Waals surface area contributed by atoms with Crippen LogP contribution in [0.1, 0.15) is 19.0 Å². The number of amides is 1. The molecule has 84 valence electrons. The quantitative estimate of drug-likeness (QED) is 0.652. The minimum atomic E-state index is -0.0484. The van der Waals surface area contributed by atoms with Crippen molar-refractivity contribution in [3.8, 4) is 0 Å². The Morgan fingerprint density at radius 3 is 3.13 bits per heavy atom. The lowest BCUT2D eigenvalue weighted by Crippen LogP contribution is -2.27. The number of aryl methyl sites for hydroxylation is 1. The summed E-state index contributed by atoms with van der Waals surface area (Å²) >= 11 is 0. The summed E-state index contributed by atoms with van der Waals surface area (Å²) in [4.78, 5) is 11.2. The van der Waals surface area contributed by atoms with Crippen molar-refractivity contribution >= 4 is 5.91 Å². The van der Waals surface area contributed by atoms with Gasteiger partial charge in [0, 0.05) is 12.7 Å². The Kier molecular flexibility index (Phi) is 4.76. The molecule has 0 bridgehead atoms. The van der Waals surface area contributed by atoms with Crippen LogP contribution in [0.2, 0.25) is 0 Å². The summed E-state index contributed by atoms with van der Waals surface area (Å²) in [6.07, 6.45) is 3.48. The van der Waals surface area contributed by atoms with Crippen LogP contribution in [-0.4, -0.2) is 34.0 Å². The third kappa shape index (κ3) is 4.07. The van der Waals surface area contributed by atoms with Gasteiger partial charge in [-0.25, -0.2) is 4.68 Å². The van der Waals surface area contributed by atoms with E-state index in [0.29, 0.717) is 13.1 Å². The minimum absolute atomic E-state index is 0.0484. The number of likely N-dealkylation sites (N-methyl/N-ethyl adjacent to an activating group) is 1. The first-order chi connectivity index (χ1) is 7.26. The maximum absolute atomic E-state index is 11.2. The van der Waals surface area contributed by atoms with Crippen LogP contribution in [0, 0.1) is 0 Å². The number of nitrogens with one attached hydrogen (secondary N) is 1. The molecule has 0 aromatic carbocycles. The van der Waals surface area contributed by atoms with Crippen molar-refractivity contribution in [3.05, 3.63) is 11.9 Å². The molecule has 6 heteroatoms. The first-order valence-corrected chi connectivity index (χ1v) is 5.12. The van der Waals surface area contributed by atoms with Crippen molar-refractivity contribution in [2.45, 2.75) is 26.3 Å². The second-order valence-corrected chi connectivity index (χ2v) is 3.25. The molecular weight excluding hydrogens is 194 g/mol. The number of carbonyl (C=O) groups is 1. The van der Waals surface area contributed by atoms with Crippen LogP contribution in [0.3, 0.4) is 0 Å². The minimum Gasteiger partial charge on any atom is -0.355 e. The molecule has 0 spiro atoms. The molecular formula is C9H17N5O. The average molecular weight is 211 g/mol. The molecule has 6 nitrogen and oxygen atoms in total. The summed E-state index contributed by atoms with van der Waals surface area (Å²) in [7, 11) is 0. The monoisotopic (exact) mass is 211 g/mol. The molecule has 15 heavy (non-hydrogen) atoms. The fourth-order valence-electron chi connectivity index (χ4n) is 1.21. The number of hydrogen-bond acceptors (Lipinski definition) is 4. The van der Waals surface area contributed by atoms with Gasteiger partial charge in [-0.05, 0) is 26.3 Å². The summed E-state index contributed by atoms with van der Waals surface area (Å²) in [5.41, 5.74) is 6.26. The average Bonchev–Trinajstić information content (AvgIpc) is 2.63. The van der Waals surface area contributed by atoms with E-state index in [1.54, 1.807) is 6.20 Å². The number of hydrogen-bond donors (Lipinski definition) is 2. The van der Waals surface area contributed by atoms with E-state index in [1.165, 1.54) is 4.68 Å². The molecule has 0 fully saturated rings. The van der Waals surface area contributed by atoms with E-state index in [0.717, 1.165) is 18.5 Å². The van der Waals surface area contributed by atoms with Gasteiger partial charge in [0.1, 0.15) is 6.54 Å². The van der Waals surface area contributed by atoms with E-state index >= 15 is 0 Å². The Hall–Kier alpha value is -1.43. The van der Waals surface area contributed by atoms with Gasteiger partial charge < -0.3 is 11.1 Å². The van der Waals surface area contributed by atoms with Crippen molar-refractivity contribution in [1.82, 2.24) is 20.3 Å². The van der Waals surface area contributed by atoms with E-state index < -0.39 is 0 Å². The Morgan fingerprint density at radius 2 is 2.47 bits per heavy atom. The van der Waals surface area contributed by atoms with Gasteiger partial charge in [-0.2, -0.15) is 0 Å². The molecule has 3 N–H and O–H groups in total. The second-order valence-electron chi connectivity index (χ2n) is 3.25. The zero-order valence-corrected chi connectivity index (χ0v) is 8.94. The highest BCUT2D eigenvalue weighted by atomic mass is 16.2. The van der Waals surface area contributed by atoms with Crippen molar-refractivity contribution in [2.75, 3.05) is 13.1 Å². The van der Waals surface area contributed by atoms with Gasteiger partial charge in [-0.1, -0.05) is 5.21 Å². The van der Waals surface area contributed by atoms with Crippen LogP contribution in [0.4, 0.5) is 0 Å². The van der Waals surface area contributed by atoms with E-state index in [1.807, 2.05) is 6.92 Å². The zero-order valence-electron chi connectivity index (χ0n) is 8.94. The highest BCUT2D eigenvalue weighted by molar-refractivity contribution is 5.75. The Balaban J connectivity index is 2.42. The summed E-state index contributed by atoms with van der Waals surface area (Å²) in [6.45, 7) is 3.38. The zero-order chi connectivity index (χ0) is 11.1. The lowest BCUT2D eigenvalue weighted by Gasteiger charge is -2.00. The highest BCUT2D eigenvalue weighted by Crippen LogP contribution is 1.96. The molecule has 0 radical (unpaired) electrons. The predicted octanol–water partition coefficient (Wildman–Crippen LogP) is -0.694. The number of aromatic nitrogens is 3. The number of nitrogens with two attached hydrogens (primary N) is 1. The maximum Gasteiger partial charge on any atom is 0.241 e. The molecule has 0 atom stereocenters. The largest absolute Gasteiger partial charge is 0.355 e. The lowest BCUT2D eigenvalue weighted by atomic mass is 10.2. The van der Waals surface area contributed by atoms with E-state index in [4.69, 9.17) is 5.73 Å². The number of nitrogens with zero attached hydrogens (tertiary/aromatic N) is 3. The third-order valence-electron chi connectivity index (χ3n) is 1.90. The Morgan fingerprint density at radius 1 is 1.67 bits per heavy atom. The Bertz CT molecular complexity index is 309. The van der Waals surface area contributed by atoms with Crippen LogP contribution in [-0.2, 0) is 17.8 Å². The molecule has 0 unspecified atom stereocenters. The van der Waals surface area contributed by atoms with E-state index in [9.17, 15) is 4.79 Å². The molecule has 1 rings (SSSR count). The fourth-order valence-corrected chi connectivity index (χ4v) is 1.21. The summed E-state index contributed by atoms with van der Waals surface area (Å²) in [5, 5.41) is 10.5. The van der Waals surface area contributed by atoms with Crippen LogP contribution in [0.5, 0.6) is 0 Å². The van der Waals surface area contributed by atoms with Gasteiger partial charge in [0.2, 0.25) is 5.91 Å². The van der Waals surface area contributed by atoms with Crippen LogP contribution >= 0.6 is 0 Å². The molecule has 1 amide bonds. The van der Waals surface area contributed by atoms with Gasteiger partial charge in [-0.15, -0.1) is 5.10 Å². The van der Waals surface area contributed by atoms with Gasteiger partial charge in [0.15, 0.2) is 0 Å². The molecule has 0 saturated carbocycles. The van der Waals surface area contributed by atoms with E-state index in [-0.39, 0.29) is 12.5 Å². The smallest absolute Gasteiger partial charge is 0.241 e. The van der Waals surface area contributed by atoms with Crippen LogP contribution in [0.25, 0.3) is 0 Å². The molecule has 1 heterocycles. The second kappa shape index (κ2) is 6.13. The topological polar surface area (TPSA) is 85.8 Å². The predicted molar refractivity (Wildman–Crippen MR) is 56.1 cm³/mol. The standard InChI is InChI=1S/C9H17N5O/c1-2-11-9(15)7-14-6-8(12-13-14)4-3-5-10/h6H,2-5,7,10H2,1H3,(H,11,15).